The fourth-order valence-corrected chi connectivity index (χ4v) is 1.86. The molecule has 1 heterocycles. The summed E-state index contributed by atoms with van der Waals surface area (Å²) in [5.41, 5.74) is 0.884. The lowest BCUT2D eigenvalue weighted by molar-refractivity contribution is 0.323. The summed E-state index contributed by atoms with van der Waals surface area (Å²) in [7, 11) is 0. The molecule has 0 saturated carbocycles. The van der Waals surface area contributed by atoms with E-state index in [1.165, 1.54) is 0 Å². The third-order valence-electron chi connectivity index (χ3n) is 1.89. The van der Waals surface area contributed by atoms with Crippen molar-refractivity contribution in [3.63, 3.8) is 0 Å². The van der Waals surface area contributed by atoms with Crippen LogP contribution >= 0.6 is 23.2 Å². The number of halogens is 2. The van der Waals surface area contributed by atoms with Gasteiger partial charge in [-0.2, -0.15) is 0 Å². The van der Waals surface area contributed by atoms with Gasteiger partial charge >= 0.3 is 0 Å². The summed E-state index contributed by atoms with van der Waals surface area (Å²) in [6.07, 6.45) is 0.975. The van der Waals surface area contributed by atoms with Crippen molar-refractivity contribution in [1.29, 1.82) is 0 Å². The first kappa shape index (κ1) is 8.97. The Bertz CT molecular complexity index is 328. The lowest BCUT2D eigenvalue weighted by Gasteiger charge is -2.09. The Morgan fingerprint density at radius 2 is 2.15 bits per heavy atom. The van der Waals surface area contributed by atoms with Crippen LogP contribution in [0.4, 0.5) is 5.69 Å². The van der Waals surface area contributed by atoms with Gasteiger partial charge in [0.05, 0.1) is 17.3 Å². The first-order chi connectivity index (χ1) is 6.27. The predicted octanol–water partition coefficient (Wildman–Crippen LogP) is 3.19. The molecular formula is C9H9Cl2NO. The first-order valence-electron chi connectivity index (χ1n) is 4.13. The quantitative estimate of drug-likeness (QED) is 0.721. The topological polar surface area (TPSA) is 21.3 Å². The monoisotopic (exact) mass is 217 g/mol. The Hall–Kier alpha value is -0.600. The summed E-state index contributed by atoms with van der Waals surface area (Å²) in [6.45, 7) is 1.59. The number of nitrogens with one attached hydrogen (secondary N) is 1. The van der Waals surface area contributed by atoms with Crippen LogP contribution in [0.1, 0.15) is 6.42 Å². The SMILES string of the molecule is Clc1cc(Cl)c2c(c1)NCCCO2. The van der Waals surface area contributed by atoms with Gasteiger partial charge in [0.15, 0.2) is 5.75 Å². The molecule has 13 heavy (non-hydrogen) atoms. The Balaban J connectivity index is 2.47. The average Bonchev–Trinajstić information content (AvgIpc) is 2.28. The highest BCUT2D eigenvalue weighted by molar-refractivity contribution is 6.36. The van der Waals surface area contributed by atoms with Gasteiger partial charge in [-0.15, -0.1) is 0 Å². The van der Waals surface area contributed by atoms with Crippen LogP contribution in [0.25, 0.3) is 0 Å². The fraction of sp³-hybridized carbons (Fsp3) is 0.333. The summed E-state index contributed by atoms with van der Waals surface area (Å²) in [4.78, 5) is 0. The number of hydrogen-bond acceptors (Lipinski definition) is 2. The second-order valence-electron chi connectivity index (χ2n) is 2.89. The zero-order chi connectivity index (χ0) is 9.26. The van der Waals surface area contributed by atoms with Crippen molar-refractivity contribution >= 4 is 28.9 Å². The molecule has 1 aliphatic heterocycles. The molecule has 0 atom stereocenters. The molecule has 1 N–H and O–H groups in total. The second-order valence-corrected chi connectivity index (χ2v) is 3.74. The first-order valence-corrected chi connectivity index (χ1v) is 4.88. The Morgan fingerprint density at radius 3 is 3.00 bits per heavy atom. The minimum Gasteiger partial charge on any atom is -0.490 e. The molecule has 1 aromatic rings. The third kappa shape index (κ3) is 1.84. The van der Waals surface area contributed by atoms with Gasteiger partial charge in [0.1, 0.15) is 0 Å². The maximum atomic E-state index is 5.97. The van der Waals surface area contributed by atoms with Crippen LogP contribution in [0, 0.1) is 0 Å². The van der Waals surface area contributed by atoms with Crippen LogP contribution in [0.5, 0.6) is 5.75 Å². The Kier molecular flexibility index (Phi) is 2.51. The molecular weight excluding hydrogens is 209 g/mol. The summed E-state index contributed by atoms with van der Waals surface area (Å²) in [5.74, 6) is 0.712. The zero-order valence-corrected chi connectivity index (χ0v) is 8.45. The number of hydrogen-bond donors (Lipinski definition) is 1. The largest absolute Gasteiger partial charge is 0.490 e. The highest BCUT2D eigenvalue weighted by atomic mass is 35.5. The summed E-state index contributed by atoms with van der Waals surface area (Å²) in [5, 5.41) is 4.41. The van der Waals surface area contributed by atoms with E-state index in [-0.39, 0.29) is 0 Å². The molecule has 70 valence electrons. The fourth-order valence-electron chi connectivity index (χ4n) is 1.31. The Morgan fingerprint density at radius 1 is 1.31 bits per heavy atom. The van der Waals surface area contributed by atoms with Crippen LogP contribution in [-0.2, 0) is 0 Å². The molecule has 0 radical (unpaired) electrons. The molecule has 0 spiro atoms. The van der Waals surface area contributed by atoms with Gasteiger partial charge < -0.3 is 10.1 Å². The van der Waals surface area contributed by atoms with Crippen LogP contribution in [0.2, 0.25) is 10.0 Å². The van der Waals surface area contributed by atoms with Gasteiger partial charge in [0.2, 0.25) is 0 Å². The molecule has 1 aliphatic rings. The third-order valence-corrected chi connectivity index (χ3v) is 2.39. The van der Waals surface area contributed by atoms with E-state index in [9.17, 15) is 0 Å². The molecule has 0 aliphatic carbocycles. The zero-order valence-electron chi connectivity index (χ0n) is 6.94. The maximum Gasteiger partial charge on any atom is 0.161 e. The van der Waals surface area contributed by atoms with E-state index in [1.54, 1.807) is 6.07 Å². The Labute approximate surface area is 86.8 Å². The maximum absolute atomic E-state index is 5.97. The number of ether oxygens (including phenoxy) is 1. The van der Waals surface area contributed by atoms with Gasteiger partial charge in [-0.1, -0.05) is 23.2 Å². The van der Waals surface area contributed by atoms with Crippen LogP contribution < -0.4 is 10.1 Å². The van der Waals surface area contributed by atoms with Crippen molar-refractivity contribution in [3.05, 3.63) is 22.2 Å². The number of rotatable bonds is 0. The summed E-state index contributed by atoms with van der Waals surface area (Å²) >= 11 is 11.8. The predicted molar refractivity (Wildman–Crippen MR) is 55.1 cm³/mol. The smallest absolute Gasteiger partial charge is 0.161 e. The van der Waals surface area contributed by atoms with E-state index in [0.717, 1.165) is 18.7 Å². The molecule has 0 saturated heterocycles. The average molecular weight is 218 g/mol. The number of anilines is 1. The lowest BCUT2D eigenvalue weighted by atomic mass is 10.3. The molecule has 2 rings (SSSR count). The molecule has 0 unspecified atom stereocenters. The van der Waals surface area contributed by atoms with Crippen molar-refractivity contribution in [2.24, 2.45) is 0 Å². The van der Waals surface area contributed by atoms with Gasteiger partial charge in [0, 0.05) is 11.6 Å². The lowest BCUT2D eigenvalue weighted by Crippen LogP contribution is -1.99. The number of benzene rings is 1. The van der Waals surface area contributed by atoms with E-state index in [0.29, 0.717) is 22.4 Å². The normalized spacial score (nSPS) is 15.2. The van der Waals surface area contributed by atoms with Gasteiger partial charge in [-0.3, -0.25) is 0 Å². The van der Waals surface area contributed by atoms with E-state index in [4.69, 9.17) is 27.9 Å². The van der Waals surface area contributed by atoms with E-state index >= 15 is 0 Å². The van der Waals surface area contributed by atoms with E-state index in [1.807, 2.05) is 6.07 Å². The van der Waals surface area contributed by atoms with E-state index < -0.39 is 0 Å². The van der Waals surface area contributed by atoms with E-state index in [2.05, 4.69) is 5.32 Å². The van der Waals surface area contributed by atoms with Gasteiger partial charge in [0.25, 0.3) is 0 Å². The molecule has 2 nitrogen and oxygen atoms in total. The minimum absolute atomic E-state index is 0.567. The van der Waals surface area contributed by atoms with Crippen LogP contribution in [0.15, 0.2) is 12.1 Å². The molecule has 4 heteroatoms. The number of fused-ring (bicyclic) bond motifs is 1. The van der Waals surface area contributed by atoms with Gasteiger partial charge in [-0.25, -0.2) is 0 Å². The highest BCUT2D eigenvalue weighted by Crippen LogP contribution is 2.37. The second kappa shape index (κ2) is 3.64. The minimum atomic E-state index is 0.567. The molecule has 0 aromatic heterocycles. The van der Waals surface area contributed by atoms with Crippen molar-refractivity contribution < 1.29 is 4.74 Å². The molecule has 0 amide bonds. The van der Waals surface area contributed by atoms with Gasteiger partial charge in [-0.05, 0) is 18.6 Å². The summed E-state index contributed by atoms with van der Waals surface area (Å²) < 4.78 is 5.48. The van der Waals surface area contributed by atoms with Crippen molar-refractivity contribution in [2.75, 3.05) is 18.5 Å². The van der Waals surface area contributed by atoms with Crippen molar-refractivity contribution in [1.82, 2.24) is 0 Å². The molecule has 0 bridgehead atoms. The van der Waals surface area contributed by atoms with Crippen LogP contribution in [0.3, 0.4) is 0 Å². The standard InChI is InChI=1S/C9H9Cl2NO/c10-6-4-7(11)9-8(5-6)12-2-1-3-13-9/h4-5,12H,1-3H2. The highest BCUT2D eigenvalue weighted by Gasteiger charge is 2.12. The molecule has 1 aromatic carbocycles. The summed E-state index contributed by atoms with van der Waals surface area (Å²) in [6, 6.07) is 3.52. The molecule has 0 fully saturated rings. The van der Waals surface area contributed by atoms with Crippen LogP contribution in [-0.4, -0.2) is 13.2 Å². The van der Waals surface area contributed by atoms with Crippen molar-refractivity contribution in [2.45, 2.75) is 6.42 Å². The van der Waals surface area contributed by atoms with Crippen molar-refractivity contribution in [3.8, 4) is 5.75 Å².